The first kappa shape index (κ1) is 18.2. The smallest absolute Gasteiger partial charge is 0.280 e. The number of carbonyl (C=O) groups excluding carboxylic acids is 1. The van der Waals surface area contributed by atoms with Gasteiger partial charge in [0.1, 0.15) is 0 Å². The quantitative estimate of drug-likeness (QED) is 0.700. The lowest BCUT2D eigenvalue weighted by atomic mass is 9.92. The van der Waals surface area contributed by atoms with E-state index < -0.39 is 0 Å². The number of nitrogens with one attached hydrogen (secondary N) is 1. The van der Waals surface area contributed by atoms with Crippen molar-refractivity contribution in [1.82, 2.24) is 34.6 Å². The van der Waals surface area contributed by atoms with Crippen LogP contribution >= 0.6 is 12.4 Å². The summed E-state index contributed by atoms with van der Waals surface area (Å²) in [5, 5.41) is 18.7. The van der Waals surface area contributed by atoms with Gasteiger partial charge in [-0.05, 0) is 38.7 Å². The van der Waals surface area contributed by atoms with Crippen LogP contribution in [0, 0.1) is 6.92 Å². The Balaban J connectivity index is 0.00000196. The van der Waals surface area contributed by atoms with Crippen molar-refractivity contribution in [2.24, 2.45) is 5.73 Å². The Hall–Kier alpha value is -2.59. The zero-order valence-electron chi connectivity index (χ0n) is 14.2. The number of halogens is 1. The van der Waals surface area contributed by atoms with Gasteiger partial charge in [-0.15, -0.1) is 27.7 Å². The Morgan fingerprint density at radius 3 is 2.77 bits per heavy atom. The van der Waals surface area contributed by atoms with Crippen molar-refractivity contribution in [1.29, 1.82) is 0 Å². The van der Waals surface area contributed by atoms with Crippen molar-refractivity contribution >= 4 is 30.0 Å². The summed E-state index contributed by atoms with van der Waals surface area (Å²) in [4.78, 5) is 16.7. The molecule has 3 heterocycles. The average Bonchev–Trinajstić information content (AvgIpc) is 3.23. The fourth-order valence-corrected chi connectivity index (χ4v) is 3.05. The van der Waals surface area contributed by atoms with E-state index in [0.29, 0.717) is 11.7 Å². The van der Waals surface area contributed by atoms with Gasteiger partial charge in [-0.3, -0.25) is 14.5 Å². The maximum Gasteiger partial charge on any atom is 0.280 e. The monoisotopic (exact) mass is 377 g/mol. The van der Waals surface area contributed by atoms with Crippen molar-refractivity contribution in [3.63, 3.8) is 0 Å². The Labute approximate surface area is 155 Å². The summed E-state index contributed by atoms with van der Waals surface area (Å²) in [6, 6.07) is 2.33. The standard InChI is InChI=1S/C15H19N9O.ClH/c1-9-6-7-23-14(17-9)20-21-15(23)18-13(25)12-8-24(22-19-12)11-4-2-10(16)3-5-11;/h6-8,10-11H,2-5,16H2,1H3,(H,18,21,25);1H. The van der Waals surface area contributed by atoms with E-state index in [1.165, 1.54) is 0 Å². The highest BCUT2D eigenvalue weighted by Crippen LogP contribution is 2.26. The van der Waals surface area contributed by atoms with Gasteiger partial charge in [-0.25, -0.2) is 9.67 Å². The topological polar surface area (TPSA) is 129 Å². The number of anilines is 1. The number of carbonyl (C=O) groups is 1. The third-order valence-electron chi connectivity index (χ3n) is 4.50. The van der Waals surface area contributed by atoms with Crippen LogP contribution < -0.4 is 11.1 Å². The van der Waals surface area contributed by atoms with Crippen LogP contribution in [-0.2, 0) is 0 Å². The summed E-state index contributed by atoms with van der Waals surface area (Å²) in [6.45, 7) is 1.86. The van der Waals surface area contributed by atoms with Crippen LogP contribution in [-0.4, -0.2) is 46.5 Å². The number of amides is 1. The number of rotatable bonds is 3. The van der Waals surface area contributed by atoms with Crippen molar-refractivity contribution in [3.05, 3.63) is 29.8 Å². The molecule has 3 aromatic heterocycles. The van der Waals surface area contributed by atoms with Gasteiger partial charge in [0.15, 0.2) is 5.69 Å². The second-order valence-corrected chi connectivity index (χ2v) is 6.37. The minimum absolute atomic E-state index is 0. The van der Waals surface area contributed by atoms with Crippen LogP contribution in [0.25, 0.3) is 5.78 Å². The summed E-state index contributed by atoms with van der Waals surface area (Å²) in [6.07, 6.45) is 7.25. The van der Waals surface area contributed by atoms with E-state index in [0.717, 1.165) is 31.4 Å². The molecule has 3 N–H and O–H groups in total. The van der Waals surface area contributed by atoms with Crippen LogP contribution in [0.1, 0.15) is 47.9 Å². The molecule has 0 unspecified atom stereocenters. The number of aromatic nitrogens is 7. The van der Waals surface area contributed by atoms with Gasteiger partial charge in [0.2, 0.25) is 5.95 Å². The highest BCUT2D eigenvalue weighted by Gasteiger charge is 2.22. The molecule has 3 aromatic rings. The van der Waals surface area contributed by atoms with E-state index in [2.05, 4.69) is 30.8 Å². The minimum Gasteiger partial charge on any atom is -0.328 e. The first-order valence-electron chi connectivity index (χ1n) is 8.27. The van der Waals surface area contributed by atoms with E-state index in [-0.39, 0.29) is 36.1 Å². The van der Waals surface area contributed by atoms with Crippen LogP contribution in [0.4, 0.5) is 5.95 Å². The fraction of sp³-hybridized carbons (Fsp3) is 0.467. The van der Waals surface area contributed by atoms with Gasteiger partial charge in [0.05, 0.1) is 12.2 Å². The van der Waals surface area contributed by atoms with Gasteiger partial charge in [0.25, 0.3) is 11.7 Å². The largest absolute Gasteiger partial charge is 0.328 e. The van der Waals surface area contributed by atoms with Crippen molar-refractivity contribution in [2.45, 2.75) is 44.7 Å². The zero-order valence-corrected chi connectivity index (χ0v) is 15.1. The molecule has 0 atom stereocenters. The maximum atomic E-state index is 12.4. The number of hydrogen-bond acceptors (Lipinski definition) is 7. The molecule has 0 aromatic carbocycles. The fourth-order valence-electron chi connectivity index (χ4n) is 3.05. The Kier molecular flexibility index (Phi) is 5.14. The lowest BCUT2D eigenvalue weighted by Crippen LogP contribution is -2.28. The predicted molar refractivity (Wildman–Crippen MR) is 96.2 cm³/mol. The first-order chi connectivity index (χ1) is 12.1. The lowest BCUT2D eigenvalue weighted by Gasteiger charge is -2.25. The van der Waals surface area contributed by atoms with Crippen LogP contribution in [0.3, 0.4) is 0 Å². The lowest BCUT2D eigenvalue weighted by molar-refractivity contribution is 0.102. The normalized spacial score (nSPS) is 19.9. The molecule has 0 bridgehead atoms. The molecule has 0 radical (unpaired) electrons. The SMILES string of the molecule is Cc1ccn2c(NC(=O)c3cn(C4CCC(N)CC4)nn3)nnc2n1.Cl. The Morgan fingerprint density at radius 1 is 1.23 bits per heavy atom. The van der Waals surface area contributed by atoms with Crippen molar-refractivity contribution in [2.75, 3.05) is 5.32 Å². The molecule has 1 amide bonds. The van der Waals surface area contributed by atoms with Gasteiger partial charge in [-0.2, -0.15) is 0 Å². The van der Waals surface area contributed by atoms with Gasteiger partial charge in [0, 0.05) is 17.9 Å². The molecule has 1 fully saturated rings. The Bertz CT molecular complexity index is 913. The van der Waals surface area contributed by atoms with Crippen molar-refractivity contribution in [3.8, 4) is 0 Å². The van der Waals surface area contributed by atoms with E-state index in [1.807, 2.05) is 13.0 Å². The molecule has 10 nitrogen and oxygen atoms in total. The molecule has 26 heavy (non-hydrogen) atoms. The highest BCUT2D eigenvalue weighted by molar-refractivity contribution is 6.01. The molecule has 0 spiro atoms. The molecule has 4 rings (SSSR count). The zero-order chi connectivity index (χ0) is 17.4. The highest BCUT2D eigenvalue weighted by atomic mass is 35.5. The van der Waals surface area contributed by atoms with E-state index in [1.54, 1.807) is 21.5 Å². The summed E-state index contributed by atoms with van der Waals surface area (Å²) >= 11 is 0. The molecule has 138 valence electrons. The number of fused-ring (bicyclic) bond motifs is 1. The molecule has 0 aliphatic heterocycles. The van der Waals surface area contributed by atoms with Crippen LogP contribution in [0.5, 0.6) is 0 Å². The second-order valence-electron chi connectivity index (χ2n) is 6.37. The maximum absolute atomic E-state index is 12.4. The third kappa shape index (κ3) is 3.51. The third-order valence-corrected chi connectivity index (χ3v) is 4.50. The number of aryl methyl sites for hydroxylation is 1. The minimum atomic E-state index is -0.381. The summed E-state index contributed by atoms with van der Waals surface area (Å²) < 4.78 is 3.37. The van der Waals surface area contributed by atoms with E-state index >= 15 is 0 Å². The number of nitrogens with zero attached hydrogens (tertiary/aromatic N) is 7. The summed E-state index contributed by atoms with van der Waals surface area (Å²) in [7, 11) is 0. The summed E-state index contributed by atoms with van der Waals surface area (Å²) in [5.74, 6) is 0.344. The van der Waals surface area contributed by atoms with Crippen LogP contribution in [0.2, 0.25) is 0 Å². The summed E-state index contributed by atoms with van der Waals surface area (Å²) in [5.41, 5.74) is 7.00. The molecular weight excluding hydrogens is 358 g/mol. The molecule has 1 aliphatic carbocycles. The predicted octanol–water partition coefficient (Wildman–Crippen LogP) is 1.14. The average molecular weight is 378 g/mol. The van der Waals surface area contributed by atoms with Gasteiger partial charge >= 0.3 is 0 Å². The van der Waals surface area contributed by atoms with Crippen molar-refractivity contribution < 1.29 is 4.79 Å². The number of hydrogen-bond donors (Lipinski definition) is 2. The van der Waals surface area contributed by atoms with Gasteiger partial charge < -0.3 is 5.73 Å². The number of nitrogens with two attached hydrogens (primary N) is 1. The van der Waals surface area contributed by atoms with Gasteiger partial charge in [-0.1, -0.05) is 5.21 Å². The molecular formula is C15H20ClN9O. The second kappa shape index (κ2) is 7.34. The Morgan fingerprint density at radius 2 is 2.00 bits per heavy atom. The molecule has 11 heteroatoms. The van der Waals surface area contributed by atoms with Crippen LogP contribution in [0.15, 0.2) is 18.5 Å². The molecule has 1 aliphatic rings. The molecule has 1 saturated carbocycles. The van der Waals surface area contributed by atoms with E-state index in [4.69, 9.17) is 5.73 Å². The first-order valence-corrected chi connectivity index (χ1v) is 8.27. The molecule has 0 saturated heterocycles. The van der Waals surface area contributed by atoms with E-state index in [9.17, 15) is 4.79 Å².